The van der Waals surface area contributed by atoms with E-state index in [0.717, 1.165) is 6.61 Å². The van der Waals surface area contributed by atoms with Crippen LogP contribution >= 0.6 is 0 Å². The van der Waals surface area contributed by atoms with E-state index in [4.69, 9.17) is 4.74 Å². The summed E-state index contributed by atoms with van der Waals surface area (Å²) in [5.41, 5.74) is 0. The summed E-state index contributed by atoms with van der Waals surface area (Å²) in [5.74, 6) is 0. The summed E-state index contributed by atoms with van der Waals surface area (Å²) in [6, 6.07) is 1.24. The number of nitrogens with one attached hydrogen (secondary N) is 1. The van der Waals surface area contributed by atoms with E-state index < -0.39 is 0 Å². The van der Waals surface area contributed by atoms with Gasteiger partial charge in [-0.05, 0) is 25.7 Å². The Kier molecular flexibility index (Phi) is 5.49. The summed E-state index contributed by atoms with van der Waals surface area (Å²) in [6.07, 6.45) is 6.44. The largest absolute Gasteiger partial charge is 0.377 e. The second-order valence-corrected chi connectivity index (χ2v) is 4.27. The number of hydrogen-bond acceptors (Lipinski definition) is 2. The molecule has 0 radical (unpaired) electrons. The Morgan fingerprint density at radius 1 is 1.21 bits per heavy atom. The maximum absolute atomic E-state index is 5.92. The Morgan fingerprint density at radius 3 is 2.57 bits per heavy atom. The Morgan fingerprint density at radius 2 is 2.00 bits per heavy atom. The first kappa shape index (κ1) is 12.0. The highest BCUT2D eigenvalue weighted by atomic mass is 16.5. The van der Waals surface area contributed by atoms with Crippen LogP contribution in [0.2, 0.25) is 0 Å². The highest BCUT2D eigenvalue weighted by Gasteiger charge is 2.25. The quantitative estimate of drug-likeness (QED) is 0.751. The summed E-state index contributed by atoms with van der Waals surface area (Å²) in [6.45, 7) is 7.68. The van der Waals surface area contributed by atoms with Crippen molar-refractivity contribution in [3.63, 3.8) is 0 Å². The molecule has 0 saturated carbocycles. The molecule has 1 N–H and O–H groups in total. The molecule has 1 rings (SSSR count). The van der Waals surface area contributed by atoms with E-state index in [0.29, 0.717) is 18.2 Å². The van der Waals surface area contributed by atoms with Crippen molar-refractivity contribution in [3.05, 3.63) is 0 Å². The maximum Gasteiger partial charge on any atom is 0.0727 e. The molecule has 2 nitrogen and oxygen atoms in total. The molecule has 3 unspecified atom stereocenters. The van der Waals surface area contributed by atoms with E-state index in [1.807, 2.05) is 0 Å². The van der Waals surface area contributed by atoms with Crippen molar-refractivity contribution in [1.82, 2.24) is 5.32 Å². The lowest BCUT2D eigenvalue weighted by atomic mass is 10.0. The summed E-state index contributed by atoms with van der Waals surface area (Å²) in [5, 5.41) is 3.73. The second-order valence-electron chi connectivity index (χ2n) is 4.27. The number of rotatable bonds is 4. The molecule has 0 aromatic rings. The average molecular weight is 199 g/mol. The molecule has 0 spiro atoms. The van der Waals surface area contributed by atoms with Gasteiger partial charge < -0.3 is 10.1 Å². The Balaban J connectivity index is 2.50. The number of hydrogen-bond donors (Lipinski definition) is 1. The molecule has 14 heavy (non-hydrogen) atoms. The van der Waals surface area contributed by atoms with Crippen molar-refractivity contribution in [2.75, 3.05) is 6.61 Å². The van der Waals surface area contributed by atoms with Crippen LogP contribution in [-0.2, 0) is 4.74 Å². The molecule has 1 heterocycles. The Hall–Kier alpha value is -0.0800. The topological polar surface area (TPSA) is 21.3 Å². The Labute approximate surface area is 88.4 Å². The first-order valence-electron chi connectivity index (χ1n) is 6.19. The van der Waals surface area contributed by atoms with Gasteiger partial charge in [0.2, 0.25) is 0 Å². The smallest absolute Gasteiger partial charge is 0.0727 e. The van der Waals surface area contributed by atoms with Gasteiger partial charge in [-0.3, -0.25) is 0 Å². The molecule has 0 amide bonds. The lowest BCUT2D eigenvalue weighted by Gasteiger charge is -2.26. The molecule has 2 heteroatoms. The third-order valence-electron chi connectivity index (χ3n) is 3.20. The molecule has 0 aliphatic carbocycles. The minimum atomic E-state index is 0.446. The van der Waals surface area contributed by atoms with Gasteiger partial charge in [0.1, 0.15) is 0 Å². The van der Waals surface area contributed by atoms with Crippen LogP contribution in [0.4, 0.5) is 0 Å². The molecule has 3 atom stereocenters. The molecule has 84 valence electrons. The SMILES string of the molecule is CCCC1OCCC(CC)NC1CC. The van der Waals surface area contributed by atoms with Crippen LogP contribution in [0.15, 0.2) is 0 Å². The normalized spacial score (nSPS) is 34.1. The monoisotopic (exact) mass is 199 g/mol. The van der Waals surface area contributed by atoms with Crippen LogP contribution in [0.1, 0.15) is 52.9 Å². The number of ether oxygens (including phenoxy) is 1. The van der Waals surface area contributed by atoms with Gasteiger partial charge >= 0.3 is 0 Å². The van der Waals surface area contributed by atoms with E-state index >= 15 is 0 Å². The molecule has 0 bridgehead atoms. The minimum absolute atomic E-state index is 0.446. The zero-order valence-corrected chi connectivity index (χ0v) is 9.88. The Bertz CT molecular complexity index is 149. The molecule has 1 aliphatic rings. The van der Waals surface area contributed by atoms with Gasteiger partial charge in [0.25, 0.3) is 0 Å². The predicted molar refractivity (Wildman–Crippen MR) is 60.6 cm³/mol. The molecular weight excluding hydrogens is 174 g/mol. The predicted octanol–water partition coefficient (Wildman–Crippen LogP) is 2.72. The minimum Gasteiger partial charge on any atom is -0.377 e. The van der Waals surface area contributed by atoms with Crippen LogP contribution in [0.3, 0.4) is 0 Å². The lowest BCUT2D eigenvalue weighted by molar-refractivity contribution is 0.0357. The van der Waals surface area contributed by atoms with Crippen molar-refractivity contribution in [2.24, 2.45) is 0 Å². The van der Waals surface area contributed by atoms with Crippen molar-refractivity contribution < 1.29 is 4.74 Å². The fourth-order valence-corrected chi connectivity index (χ4v) is 2.24. The van der Waals surface area contributed by atoms with Gasteiger partial charge in [0.05, 0.1) is 6.10 Å². The molecule has 1 aliphatic heterocycles. The van der Waals surface area contributed by atoms with E-state index in [1.54, 1.807) is 0 Å². The van der Waals surface area contributed by atoms with E-state index in [2.05, 4.69) is 26.1 Å². The fraction of sp³-hybridized carbons (Fsp3) is 1.00. The standard InChI is InChI=1S/C12H25NO/c1-4-7-12-11(6-3)13-10(5-2)8-9-14-12/h10-13H,4-9H2,1-3H3. The van der Waals surface area contributed by atoms with Crippen molar-refractivity contribution in [1.29, 1.82) is 0 Å². The summed E-state index contributed by atoms with van der Waals surface area (Å²) in [4.78, 5) is 0. The van der Waals surface area contributed by atoms with Gasteiger partial charge in [-0.25, -0.2) is 0 Å². The van der Waals surface area contributed by atoms with Crippen molar-refractivity contribution in [3.8, 4) is 0 Å². The highest BCUT2D eigenvalue weighted by Crippen LogP contribution is 2.17. The third-order valence-corrected chi connectivity index (χ3v) is 3.20. The fourth-order valence-electron chi connectivity index (χ4n) is 2.24. The zero-order valence-electron chi connectivity index (χ0n) is 9.88. The van der Waals surface area contributed by atoms with Gasteiger partial charge in [0, 0.05) is 18.7 Å². The molecular formula is C12H25NO. The third kappa shape index (κ3) is 3.25. The first-order chi connectivity index (χ1) is 6.81. The van der Waals surface area contributed by atoms with Crippen LogP contribution in [0.5, 0.6) is 0 Å². The van der Waals surface area contributed by atoms with Crippen LogP contribution in [0.25, 0.3) is 0 Å². The van der Waals surface area contributed by atoms with E-state index in [1.165, 1.54) is 32.1 Å². The molecule has 0 aromatic heterocycles. The zero-order chi connectivity index (χ0) is 10.4. The highest BCUT2D eigenvalue weighted by molar-refractivity contribution is 4.82. The van der Waals surface area contributed by atoms with E-state index in [9.17, 15) is 0 Å². The van der Waals surface area contributed by atoms with Gasteiger partial charge in [-0.1, -0.05) is 27.2 Å². The van der Waals surface area contributed by atoms with Crippen LogP contribution in [0, 0.1) is 0 Å². The summed E-state index contributed by atoms with van der Waals surface area (Å²) < 4.78 is 5.92. The van der Waals surface area contributed by atoms with Gasteiger partial charge in [0.15, 0.2) is 0 Å². The summed E-state index contributed by atoms with van der Waals surface area (Å²) >= 11 is 0. The van der Waals surface area contributed by atoms with Gasteiger partial charge in [-0.15, -0.1) is 0 Å². The maximum atomic E-state index is 5.92. The average Bonchev–Trinajstić information content (AvgIpc) is 2.40. The van der Waals surface area contributed by atoms with Gasteiger partial charge in [-0.2, -0.15) is 0 Å². The first-order valence-corrected chi connectivity index (χ1v) is 6.19. The van der Waals surface area contributed by atoms with Crippen LogP contribution in [-0.4, -0.2) is 24.8 Å². The lowest BCUT2D eigenvalue weighted by Crippen LogP contribution is -2.43. The van der Waals surface area contributed by atoms with Crippen molar-refractivity contribution in [2.45, 2.75) is 71.1 Å². The summed E-state index contributed by atoms with van der Waals surface area (Å²) in [7, 11) is 0. The molecule has 1 saturated heterocycles. The van der Waals surface area contributed by atoms with E-state index in [-0.39, 0.29) is 0 Å². The molecule has 1 fully saturated rings. The second kappa shape index (κ2) is 6.41. The van der Waals surface area contributed by atoms with Crippen LogP contribution < -0.4 is 5.32 Å². The molecule has 0 aromatic carbocycles. The van der Waals surface area contributed by atoms with Crippen molar-refractivity contribution >= 4 is 0 Å².